The second-order valence-corrected chi connectivity index (χ2v) is 7.63. The smallest absolute Gasteiger partial charge is 0.324 e. The first-order chi connectivity index (χ1) is 15.0. The van der Waals surface area contributed by atoms with E-state index in [2.05, 4.69) is 36.6 Å². The highest BCUT2D eigenvalue weighted by Crippen LogP contribution is 2.32. The van der Waals surface area contributed by atoms with E-state index in [-0.39, 0.29) is 11.6 Å². The van der Waals surface area contributed by atoms with Crippen molar-refractivity contribution >= 4 is 34.4 Å². The van der Waals surface area contributed by atoms with Crippen molar-refractivity contribution in [1.29, 1.82) is 5.41 Å². The number of nitrogens with zero attached hydrogens (tertiary/aromatic N) is 3. The summed E-state index contributed by atoms with van der Waals surface area (Å²) in [7, 11) is 0. The Morgan fingerprint density at radius 2 is 2.23 bits per heavy atom. The van der Waals surface area contributed by atoms with Gasteiger partial charge in [-0.15, -0.1) is 0 Å². The van der Waals surface area contributed by atoms with Gasteiger partial charge in [0.25, 0.3) is 0 Å². The predicted molar refractivity (Wildman–Crippen MR) is 121 cm³/mol. The zero-order valence-electron chi connectivity index (χ0n) is 17.2. The molecule has 5 N–H and O–H groups in total. The van der Waals surface area contributed by atoms with Gasteiger partial charge in [-0.2, -0.15) is 0 Å². The van der Waals surface area contributed by atoms with Gasteiger partial charge in [0.05, 0.1) is 11.1 Å². The number of H-pyrrole nitrogens is 1. The van der Waals surface area contributed by atoms with Crippen molar-refractivity contribution in [2.75, 3.05) is 23.3 Å². The number of piperidine rings is 1. The Morgan fingerprint density at radius 1 is 1.35 bits per heavy atom. The number of allylic oxidation sites excluding steroid dienone is 1. The number of nitrogens with one attached hydrogen (secondary N) is 4. The second-order valence-electron chi connectivity index (χ2n) is 7.63. The van der Waals surface area contributed by atoms with E-state index in [9.17, 15) is 9.90 Å². The number of hydrogen-bond acceptors (Lipinski definition) is 6. The highest BCUT2D eigenvalue weighted by atomic mass is 16.3. The monoisotopic (exact) mass is 419 g/mol. The summed E-state index contributed by atoms with van der Waals surface area (Å²) < 4.78 is 0. The molecule has 0 spiro atoms. The van der Waals surface area contributed by atoms with Crippen molar-refractivity contribution in [2.24, 2.45) is 0 Å². The molecule has 3 heterocycles. The average Bonchev–Trinajstić information content (AvgIpc) is 3.22. The third kappa shape index (κ3) is 4.82. The lowest BCUT2D eigenvalue weighted by atomic mass is 9.90. The number of fused-ring (bicyclic) bond motifs is 1. The molecular weight excluding hydrogens is 394 g/mol. The van der Waals surface area contributed by atoms with Crippen LogP contribution in [0.4, 0.5) is 16.3 Å². The molecule has 9 heteroatoms. The van der Waals surface area contributed by atoms with Gasteiger partial charge >= 0.3 is 6.03 Å². The molecule has 1 saturated heterocycles. The van der Waals surface area contributed by atoms with Gasteiger partial charge in [-0.3, -0.25) is 10.7 Å². The number of carbonyl (C=O) groups excluding carboxylic acids is 1. The van der Waals surface area contributed by atoms with Gasteiger partial charge in [0.2, 0.25) is 0 Å². The normalized spacial score (nSPS) is 16.9. The number of aromatic amines is 1. The molecule has 0 radical (unpaired) electrons. The van der Waals surface area contributed by atoms with Crippen LogP contribution in [0, 0.1) is 5.41 Å². The SMILES string of the molecule is C/C(O)=C/C(=N)NC(=O)Nc1cccc(C2CCCN(c3ncnc4[nH]ccc34)C2)c1. The molecule has 2 amide bonds. The van der Waals surface area contributed by atoms with Crippen LogP contribution in [0.3, 0.4) is 0 Å². The lowest BCUT2D eigenvalue weighted by Crippen LogP contribution is -2.35. The molecule has 3 aromatic rings. The number of aliphatic hydroxyl groups is 1. The van der Waals surface area contributed by atoms with Crippen LogP contribution in [0.2, 0.25) is 0 Å². The Kier molecular flexibility index (Phi) is 5.83. The Morgan fingerprint density at radius 3 is 3.06 bits per heavy atom. The van der Waals surface area contributed by atoms with Crippen molar-refractivity contribution in [3.63, 3.8) is 0 Å². The number of hydrogen-bond donors (Lipinski definition) is 5. The highest BCUT2D eigenvalue weighted by molar-refractivity contribution is 6.06. The van der Waals surface area contributed by atoms with Crippen molar-refractivity contribution in [3.8, 4) is 0 Å². The molecule has 160 valence electrons. The Labute approximate surface area is 179 Å². The van der Waals surface area contributed by atoms with Crippen LogP contribution in [-0.4, -0.2) is 45.0 Å². The third-order valence-corrected chi connectivity index (χ3v) is 5.27. The minimum Gasteiger partial charge on any atom is -0.512 e. The molecule has 1 aliphatic rings. The van der Waals surface area contributed by atoms with Gasteiger partial charge in [0, 0.05) is 37.0 Å². The van der Waals surface area contributed by atoms with Crippen LogP contribution in [0.5, 0.6) is 0 Å². The minimum atomic E-state index is -0.527. The molecule has 1 aliphatic heterocycles. The van der Waals surface area contributed by atoms with E-state index in [4.69, 9.17) is 5.41 Å². The summed E-state index contributed by atoms with van der Waals surface area (Å²) in [6.45, 7) is 3.21. The minimum absolute atomic E-state index is 0.0465. The zero-order valence-corrected chi connectivity index (χ0v) is 17.2. The van der Waals surface area contributed by atoms with Crippen molar-refractivity contribution in [1.82, 2.24) is 20.3 Å². The number of benzene rings is 1. The number of rotatable bonds is 4. The first kappa shape index (κ1) is 20.4. The topological polar surface area (TPSA) is 130 Å². The number of aromatic nitrogens is 3. The zero-order chi connectivity index (χ0) is 21.8. The molecule has 1 aromatic carbocycles. The molecule has 0 saturated carbocycles. The Hall–Kier alpha value is -3.88. The average molecular weight is 419 g/mol. The third-order valence-electron chi connectivity index (χ3n) is 5.27. The fraction of sp³-hybridized carbons (Fsp3) is 0.273. The van der Waals surface area contributed by atoms with E-state index in [1.807, 2.05) is 30.5 Å². The van der Waals surface area contributed by atoms with Crippen LogP contribution in [-0.2, 0) is 0 Å². The number of urea groups is 1. The largest absolute Gasteiger partial charge is 0.512 e. The van der Waals surface area contributed by atoms with Crippen molar-refractivity contribution < 1.29 is 9.90 Å². The summed E-state index contributed by atoms with van der Waals surface area (Å²) in [5, 5.41) is 23.0. The van der Waals surface area contributed by atoms with E-state index in [0.29, 0.717) is 11.6 Å². The van der Waals surface area contributed by atoms with Gasteiger partial charge in [-0.05, 0) is 43.5 Å². The summed E-state index contributed by atoms with van der Waals surface area (Å²) in [4.78, 5) is 26.4. The first-order valence-electron chi connectivity index (χ1n) is 10.2. The van der Waals surface area contributed by atoms with Crippen LogP contribution in [0.1, 0.15) is 31.2 Å². The summed E-state index contributed by atoms with van der Waals surface area (Å²) in [6, 6.07) is 9.25. The second kappa shape index (κ2) is 8.86. The van der Waals surface area contributed by atoms with Crippen LogP contribution in [0.15, 0.2) is 54.7 Å². The van der Waals surface area contributed by atoms with E-state index < -0.39 is 6.03 Å². The van der Waals surface area contributed by atoms with Gasteiger partial charge < -0.3 is 20.3 Å². The maximum absolute atomic E-state index is 12.1. The summed E-state index contributed by atoms with van der Waals surface area (Å²) in [5.41, 5.74) is 2.63. The molecule has 4 rings (SSSR count). The number of amides is 2. The lowest BCUT2D eigenvalue weighted by Gasteiger charge is -2.34. The molecule has 2 aromatic heterocycles. The Balaban J connectivity index is 1.46. The summed E-state index contributed by atoms with van der Waals surface area (Å²) >= 11 is 0. The number of anilines is 2. The quantitative estimate of drug-likeness (QED) is 0.249. The predicted octanol–water partition coefficient (Wildman–Crippen LogP) is 3.90. The van der Waals surface area contributed by atoms with E-state index in [1.54, 1.807) is 6.33 Å². The van der Waals surface area contributed by atoms with E-state index >= 15 is 0 Å². The van der Waals surface area contributed by atoms with Gasteiger partial charge in [-0.25, -0.2) is 14.8 Å². The van der Waals surface area contributed by atoms with Crippen molar-refractivity contribution in [2.45, 2.75) is 25.7 Å². The first-order valence-corrected chi connectivity index (χ1v) is 10.2. The lowest BCUT2D eigenvalue weighted by molar-refractivity contribution is 0.256. The number of carbonyl (C=O) groups is 1. The fourth-order valence-electron chi connectivity index (χ4n) is 3.95. The van der Waals surface area contributed by atoms with Gasteiger partial charge in [0.1, 0.15) is 23.6 Å². The van der Waals surface area contributed by atoms with E-state index in [1.165, 1.54) is 13.0 Å². The maximum Gasteiger partial charge on any atom is 0.324 e. The number of aliphatic hydroxyl groups excluding tert-OH is 1. The van der Waals surface area contributed by atoms with E-state index in [0.717, 1.165) is 48.3 Å². The molecule has 0 bridgehead atoms. The molecule has 0 aliphatic carbocycles. The van der Waals surface area contributed by atoms with Crippen LogP contribution < -0.4 is 15.5 Å². The highest BCUT2D eigenvalue weighted by Gasteiger charge is 2.24. The van der Waals surface area contributed by atoms with Gasteiger partial charge in [0.15, 0.2) is 0 Å². The van der Waals surface area contributed by atoms with Gasteiger partial charge in [-0.1, -0.05) is 12.1 Å². The molecule has 9 nitrogen and oxygen atoms in total. The summed E-state index contributed by atoms with van der Waals surface area (Å²) in [5.74, 6) is 1.02. The van der Waals surface area contributed by atoms with Crippen molar-refractivity contribution in [3.05, 3.63) is 60.3 Å². The standard InChI is InChI=1S/C22H25N7O2/c1-14(30)10-19(23)28-22(31)27-17-6-2-4-15(11-17)16-5-3-9-29(12-16)21-18-7-8-24-20(18)25-13-26-21/h2,4,6-8,10-11,13,16,30H,3,5,9,12H2,1H3,(H,24,25,26)(H3,23,27,28,31)/b14-10-. The summed E-state index contributed by atoms with van der Waals surface area (Å²) in [6.07, 6.45) is 6.73. The fourth-order valence-corrected chi connectivity index (χ4v) is 3.95. The molecule has 31 heavy (non-hydrogen) atoms. The molecule has 1 fully saturated rings. The Bertz CT molecular complexity index is 1130. The van der Waals surface area contributed by atoms with Crippen LogP contribution in [0.25, 0.3) is 11.0 Å². The molecule has 1 unspecified atom stereocenters. The molecule has 1 atom stereocenters. The molecular formula is C22H25N7O2. The maximum atomic E-state index is 12.1. The number of amidine groups is 1. The van der Waals surface area contributed by atoms with Crippen LogP contribution >= 0.6 is 0 Å².